The summed E-state index contributed by atoms with van der Waals surface area (Å²) in [5, 5.41) is 0. The van der Waals surface area contributed by atoms with Crippen molar-refractivity contribution in [1.29, 1.82) is 0 Å². The Morgan fingerprint density at radius 2 is 2.00 bits per heavy atom. The summed E-state index contributed by atoms with van der Waals surface area (Å²) in [5.41, 5.74) is 6.45. The lowest BCUT2D eigenvalue weighted by molar-refractivity contribution is 0.136. The van der Waals surface area contributed by atoms with Crippen molar-refractivity contribution >= 4 is 0 Å². The maximum atomic E-state index is 5.89. The van der Waals surface area contributed by atoms with Gasteiger partial charge in [-0.1, -0.05) is 20.3 Å². The Kier molecular flexibility index (Phi) is 3.60. The Balaban J connectivity index is 1.94. The lowest BCUT2D eigenvalue weighted by Crippen LogP contribution is -2.43. The van der Waals surface area contributed by atoms with Crippen LogP contribution in [0.25, 0.3) is 0 Å². The normalized spacial score (nSPS) is 38.4. The molecule has 2 nitrogen and oxygen atoms in total. The van der Waals surface area contributed by atoms with E-state index < -0.39 is 0 Å². The summed E-state index contributed by atoms with van der Waals surface area (Å²) >= 11 is 0. The van der Waals surface area contributed by atoms with Crippen LogP contribution in [0.3, 0.4) is 0 Å². The Labute approximate surface area is 101 Å². The highest BCUT2D eigenvalue weighted by Gasteiger charge is 2.38. The smallest absolute Gasteiger partial charge is 0.0135 e. The minimum Gasteiger partial charge on any atom is -0.330 e. The van der Waals surface area contributed by atoms with Gasteiger partial charge in [0.2, 0.25) is 0 Å². The molecule has 0 bridgehead atoms. The van der Waals surface area contributed by atoms with Crippen LogP contribution in [0, 0.1) is 11.3 Å². The molecule has 2 heteroatoms. The van der Waals surface area contributed by atoms with Gasteiger partial charge >= 0.3 is 0 Å². The third-order valence-electron chi connectivity index (χ3n) is 4.96. The third kappa shape index (κ3) is 2.43. The van der Waals surface area contributed by atoms with Gasteiger partial charge in [-0.2, -0.15) is 0 Å². The number of hydrogen-bond donors (Lipinski definition) is 1. The van der Waals surface area contributed by atoms with Crippen LogP contribution in [0.1, 0.15) is 52.4 Å². The molecule has 0 heterocycles. The molecule has 2 N–H and O–H groups in total. The Morgan fingerprint density at radius 1 is 1.25 bits per heavy atom. The lowest BCUT2D eigenvalue weighted by atomic mass is 9.91. The van der Waals surface area contributed by atoms with Crippen molar-refractivity contribution in [2.45, 2.75) is 64.5 Å². The maximum Gasteiger partial charge on any atom is 0.0135 e. The first-order chi connectivity index (χ1) is 7.53. The fraction of sp³-hybridized carbons (Fsp3) is 1.00. The van der Waals surface area contributed by atoms with Gasteiger partial charge in [0.25, 0.3) is 0 Å². The molecular formula is C14H28N2. The van der Waals surface area contributed by atoms with Crippen LogP contribution in [0.2, 0.25) is 0 Å². The number of nitrogens with two attached hydrogens (primary N) is 1. The number of rotatable bonds is 3. The second-order valence-corrected chi connectivity index (χ2v) is 6.72. The average Bonchev–Trinajstić information content (AvgIpc) is 2.82. The van der Waals surface area contributed by atoms with Gasteiger partial charge in [-0.15, -0.1) is 0 Å². The predicted octanol–water partition coefficient (Wildman–Crippen LogP) is 2.62. The summed E-state index contributed by atoms with van der Waals surface area (Å²) < 4.78 is 0. The van der Waals surface area contributed by atoms with Crippen LogP contribution in [0.15, 0.2) is 0 Å². The molecule has 0 aromatic rings. The van der Waals surface area contributed by atoms with E-state index in [0.29, 0.717) is 5.41 Å². The fourth-order valence-electron chi connectivity index (χ4n) is 3.85. The van der Waals surface area contributed by atoms with Gasteiger partial charge < -0.3 is 10.6 Å². The van der Waals surface area contributed by atoms with Crippen LogP contribution in [-0.4, -0.2) is 30.6 Å². The summed E-state index contributed by atoms with van der Waals surface area (Å²) in [7, 11) is 2.34. The predicted molar refractivity (Wildman–Crippen MR) is 69.4 cm³/mol. The van der Waals surface area contributed by atoms with E-state index in [-0.39, 0.29) is 0 Å². The second-order valence-electron chi connectivity index (χ2n) is 6.72. The van der Waals surface area contributed by atoms with E-state index in [0.717, 1.165) is 24.5 Å². The first-order valence-corrected chi connectivity index (χ1v) is 6.95. The molecular weight excluding hydrogens is 196 g/mol. The first-order valence-electron chi connectivity index (χ1n) is 6.95. The van der Waals surface area contributed by atoms with Crippen molar-refractivity contribution in [2.24, 2.45) is 17.1 Å². The van der Waals surface area contributed by atoms with Gasteiger partial charge in [-0.05, 0) is 57.0 Å². The Bertz CT molecular complexity index is 237. The van der Waals surface area contributed by atoms with Gasteiger partial charge in [0.05, 0.1) is 0 Å². The zero-order valence-corrected chi connectivity index (χ0v) is 11.2. The molecule has 2 aliphatic rings. The molecule has 3 atom stereocenters. The molecule has 0 saturated heterocycles. The molecule has 2 saturated carbocycles. The first kappa shape index (κ1) is 12.4. The molecule has 0 aromatic carbocycles. The second kappa shape index (κ2) is 4.66. The molecule has 0 amide bonds. The lowest BCUT2D eigenvalue weighted by Gasteiger charge is -2.34. The van der Waals surface area contributed by atoms with Crippen molar-refractivity contribution in [3.05, 3.63) is 0 Å². The van der Waals surface area contributed by atoms with Crippen LogP contribution >= 0.6 is 0 Å². The van der Waals surface area contributed by atoms with Crippen molar-refractivity contribution in [3.63, 3.8) is 0 Å². The summed E-state index contributed by atoms with van der Waals surface area (Å²) in [5.74, 6) is 0.758. The summed E-state index contributed by atoms with van der Waals surface area (Å²) in [4.78, 5) is 2.67. The van der Waals surface area contributed by atoms with E-state index in [1.165, 1.54) is 38.5 Å². The van der Waals surface area contributed by atoms with Gasteiger partial charge in [0.1, 0.15) is 0 Å². The molecule has 0 radical (unpaired) electrons. The highest BCUT2D eigenvalue weighted by molar-refractivity contribution is 4.93. The van der Waals surface area contributed by atoms with E-state index in [4.69, 9.17) is 5.73 Å². The van der Waals surface area contributed by atoms with Crippen molar-refractivity contribution in [3.8, 4) is 0 Å². The van der Waals surface area contributed by atoms with Gasteiger partial charge in [-0.3, -0.25) is 0 Å². The van der Waals surface area contributed by atoms with Crippen LogP contribution in [0.5, 0.6) is 0 Å². The molecule has 0 aromatic heterocycles. The molecule has 16 heavy (non-hydrogen) atoms. The third-order valence-corrected chi connectivity index (χ3v) is 4.96. The van der Waals surface area contributed by atoms with Crippen molar-refractivity contribution < 1.29 is 0 Å². The molecule has 2 rings (SSSR count). The monoisotopic (exact) mass is 224 g/mol. The van der Waals surface area contributed by atoms with E-state index in [1.807, 2.05) is 0 Å². The fourth-order valence-corrected chi connectivity index (χ4v) is 3.85. The SMILES string of the molecule is CN(C1CCC(C)(C)C1)C1CCCC1CN. The zero-order valence-electron chi connectivity index (χ0n) is 11.2. The topological polar surface area (TPSA) is 29.3 Å². The Hall–Kier alpha value is -0.0800. The minimum atomic E-state index is 0.565. The molecule has 2 fully saturated rings. The summed E-state index contributed by atoms with van der Waals surface area (Å²) in [6.07, 6.45) is 8.25. The van der Waals surface area contributed by atoms with Gasteiger partial charge in [0, 0.05) is 12.1 Å². The zero-order chi connectivity index (χ0) is 11.8. The number of hydrogen-bond acceptors (Lipinski definition) is 2. The van der Waals surface area contributed by atoms with Crippen LogP contribution in [-0.2, 0) is 0 Å². The summed E-state index contributed by atoms with van der Waals surface area (Å²) in [6.45, 7) is 5.71. The molecule has 2 aliphatic carbocycles. The van der Waals surface area contributed by atoms with Gasteiger partial charge in [0.15, 0.2) is 0 Å². The molecule has 94 valence electrons. The highest BCUT2D eigenvalue weighted by atomic mass is 15.2. The molecule has 3 unspecified atom stereocenters. The molecule has 0 spiro atoms. The van der Waals surface area contributed by atoms with E-state index in [2.05, 4.69) is 25.8 Å². The Morgan fingerprint density at radius 3 is 2.56 bits per heavy atom. The van der Waals surface area contributed by atoms with E-state index >= 15 is 0 Å². The quantitative estimate of drug-likeness (QED) is 0.798. The number of nitrogens with zero attached hydrogens (tertiary/aromatic N) is 1. The van der Waals surface area contributed by atoms with Crippen LogP contribution in [0.4, 0.5) is 0 Å². The standard InChI is InChI=1S/C14H28N2/c1-14(2)8-7-12(9-14)16(3)13-6-4-5-11(13)10-15/h11-13H,4-10,15H2,1-3H3. The van der Waals surface area contributed by atoms with E-state index in [9.17, 15) is 0 Å². The van der Waals surface area contributed by atoms with Crippen molar-refractivity contribution in [1.82, 2.24) is 4.90 Å². The maximum absolute atomic E-state index is 5.89. The highest BCUT2D eigenvalue weighted by Crippen LogP contribution is 2.41. The summed E-state index contributed by atoms with van der Waals surface area (Å²) in [6, 6.07) is 1.58. The molecule has 0 aliphatic heterocycles. The largest absolute Gasteiger partial charge is 0.330 e. The van der Waals surface area contributed by atoms with Crippen molar-refractivity contribution in [2.75, 3.05) is 13.6 Å². The minimum absolute atomic E-state index is 0.565. The van der Waals surface area contributed by atoms with Crippen LogP contribution < -0.4 is 5.73 Å². The average molecular weight is 224 g/mol. The van der Waals surface area contributed by atoms with Gasteiger partial charge in [-0.25, -0.2) is 0 Å². The van der Waals surface area contributed by atoms with E-state index in [1.54, 1.807) is 0 Å².